The monoisotopic (exact) mass is 192 g/mol. The molecule has 1 N–H and O–H groups in total. The van der Waals surface area contributed by atoms with Crippen LogP contribution in [-0.2, 0) is 0 Å². The normalized spacial score (nSPS) is 16.4. The van der Waals surface area contributed by atoms with Crippen molar-refractivity contribution in [3.05, 3.63) is 18.1 Å². The quantitative estimate of drug-likeness (QED) is 0.760. The second-order valence-corrected chi connectivity index (χ2v) is 3.62. The molecule has 4 heteroatoms. The molecule has 2 heterocycles. The van der Waals surface area contributed by atoms with Gasteiger partial charge in [-0.25, -0.2) is 9.97 Å². The molecule has 1 saturated heterocycles. The molecule has 0 amide bonds. The smallest absolute Gasteiger partial charge is 0.132 e. The van der Waals surface area contributed by atoms with Gasteiger partial charge in [0, 0.05) is 31.4 Å². The fraction of sp³-hybridized carbons (Fsp3) is 0.600. The molecule has 0 unspecified atom stereocenters. The summed E-state index contributed by atoms with van der Waals surface area (Å²) in [6.45, 7) is 7.30. The third-order valence-electron chi connectivity index (χ3n) is 2.63. The van der Waals surface area contributed by atoms with Gasteiger partial charge in [-0.2, -0.15) is 0 Å². The summed E-state index contributed by atoms with van der Waals surface area (Å²) in [4.78, 5) is 10.7. The van der Waals surface area contributed by atoms with Crippen LogP contribution in [0.5, 0.6) is 0 Å². The van der Waals surface area contributed by atoms with E-state index >= 15 is 0 Å². The van der Waals surface area contributed by atoms with Gasteiger partial charge in [0.1, 0.15) is 12.1 Å². The van der Waals surface area contributed by atoms with E-state index in [0.717, 1.165) is 31.1 Å². The number of likely N-dealkylation sites (N-methyl/N-ethyl adjacent to an activating group) is 1. The molecule has 0 aliphatic carbocycles. The van der Waals surface area contributed by atoms with Crippen LogP contribution in [0, 0.1) is 6.92 Å². The molecule has 4 nitrogen and oxygen atoms in total. The largest absolute Gasteiger partial charge is 0.351 e. The Hall–Kier alpha value is -1.16. The van der Waals surface area contributed by atoms with Crippen LogP contribution >= 0.6 is 0 Å². The Labute approximate surface area is 84.4 Å². The van der Waals surface area contributed by atoms with Crippen molar-refractivity contribution in [2.75, 3.05) is 24.5 Å². The summed E-state index contributed by atoms with van der Waals surface area (Å²) >= 11 is 0. The molecule has 0 aromatic carbocycles. The fourth-order valence-electron chi connectivity index (χ4n) is 1.70. The number of rotatable bonds is 3. The molecule has 76 valence electrons. The zero-order chi connectivity index (χ0) is 9.97. The van der Waals surface area contributed by atoms with Crippen molar-refractivity contribution in [2.45, 2.75) is 19.9 Å². The van der Waals surface area contributed by atoms with Crippen molar-refractivity contribution in [3.8, 4) is 0 Å². The number of anilines is 1. The van der Waals surface area contributed by atoms with Gasteiger partial charge in [-0.3, -0.25) is 0 Å². The van der Waals surface area contributed by atoms with Gasteiger partial charge in [-0.1, -0.05) is 0 Å². The third-order valence-corrected chi connectivity index (χ3v) is 2.63. The molecular formula is C10H16N4. The van der Waals surface area contributed by atoms with Crippen molar-refractivity contribution < 1.29 is 0 Å². The molecule has 1 aromatic rings. The van der Waals surface area contributed by atoms with Gasteiger partial charge in [0.15, 0.2) is 0 Å². The number of nitrogens with one attached hydrogen (secondary N) is 1. The minimum Gasteiger partial charge on any atom is -0.351 e. The van der Waals surface area contributed by atoms with E-state index in [1.807, 2.05) is 13.0 Å². The third kappa shape index (κ3) is 1.70. The van der Waals surface area contributed by atoms with E-state index in [1.165, 1.54) is 0 Å². The first-order chi connectivity index (χ1) is 6.81. The summed E-state index contributed by atoms with van der Waals surface area (Å²) in [6.07, 6.45) is 1.64. The van der Waals surface area contributed by atoms with Gasteiger partial charge >= 0.3 is 0 Å². The summed E-state index contributed by atoms with van der Waals surface area (Å²) < 4.78 is 0. The number of aryl methyl sites for hydroxylation is 1. The van der Waals surface area contributed by atoms with Crippen LogP contribution in [0.4, 0.5) is 5.82 Å². The highest BCUT2D eigenvalue weighted by atomic mass is 15.3. The zero-order valence-electron chi connectivity index (χ0n) is 8.70. The summed E-state index contributed by atoms with van der Waals surface area (Å²) in [6, 6.07) is 2.65. The first kappa shape index (κ1) is 9.40. The Morgan fingerprint density at radius 1 is 1.50 bits per heavy atom. The van der Waals surface area contributed by atoms with Gasteiger partial charge in [0.05, 0.1) is 6.04 Å². The highest BCUT2D eigenvalue weighted by Crippen LogP contribution is 2.15. The van der Waals surface area contributed by atoms with Crippen molar-refractivity contribution in [2.24, 2.45) is 0 Å². The van der Waals surface area contributed by atoms with Crippen LogP contribution in [0.2, 0.25) is 0 Å². The van der Waals surface area contributed by atoms with Crippen LogP contribution in [-0.4, -0.2) is 35.6 Å². The lowest BCUT2D eigenvalue weighted by molar-refractivity contribution is 0.415. The molecule has 0 spiro atoms. The molecule has 0 saturated carbocycles. The molecular weight excluding hydrogens is 176 g/mol. The molecule has 1 aliphatic heterocycles. The molecule has 1 fully saturated rings. The van der Waals surface area contributed by atoms with Gasteiger partial charge in [-0.05, 0) is 13.8 Å². The van der Waals surface area contributed by atoms with Gasteiger partial charge in [-0.15, -0.1) is 0 Å². The molecule has 14 heavy (non-hydrogen) atoms. The summed E-state index contributed by atoms with van der Waals surface area (Å²) in [7, 11) is 0. The van der Waals surface area contributed by atoms with Gasteiger partial charge < -0.3 is 10.2 Å². The van der Waals surface area contributed by atoms with E-state index in [1.54, 1.807) is 6.33 Å². The van der Waals surface area contributed by atoms with Crippen LogP contribution in [0.1, 0.15) is 12.6 Å². The van der Waals surface area contributed by atoms with E-state index in [4.69, 9.17) is 0 Å². The van der Waals surface area contributed by atoms with Crippen molar-refractivity contribution in [1.29, 1.82) is 0 Å². The Morgan fingerprint density at radius 3 is 2.79 bits per heavy atom. The van der Waals surface area contributed by atoms with E-state index in [9.17, 15) is 0 Å². The van der Waals surface area contributed by atoms with E-state index in [0.29, 0.717) is 6.04 Å². The van der Waals surface area contributed by atoms with Crippen LogP contribution in [0.25, 0.3) is 0 Å². The van der Waals surface area contributed by atoms with Gasteiger partial charge in [0.25, 0.3) is 0 Å². The molecule has 1 aromatic heterocycles. The molecule has 0 radical (unpaired) electrons. The highest BCUT2D eigenvalue weighted by molar-refractivity contribution is 5.40. The summed E-state index contributed by atoms with van der Waals surface area (Å²) in [5, 5.41) is 3.28. The van der Waals surface area contributed by atoms with E-state index in [2.05, 4.69) is 27.1 Å². The number of hydrogen-bond acceptors (Lipinski definition) is 4. The standard InChI is InChI=1S/C10H16N4/c1-3-14(9-5-11-6-9)10-4-8(2)12-7-13-10/h4,7,9,11H,3,5-6H2,1-2H3. The number of aromatic nitrogens is 2. The van der Waals surface area contributed by atoms with Crippen LogP contribution < -0.4 is 10.2 Å². The Bertz CT molecular complexity index is 309. The van der Waals surface area contributed by atoms with Gasteiger partial charge in [0.2, 0.25) is 0 Å². The Morgan fingerprint density at radius 2 is 2.29 bits per heavy atom. The Balaban J connectivity index is 2.17. The van der Waals surface area contributed by atoms with Crippen LogP contribution in [0.15, 0.2) is 12.4 Å². The summed E-state index contributed by atoms with van der Waals surface area (Å²) in [5.74, 6) is 1.05. The average Bonchev–Trinajstić information content (AvgIpc) is 2.10. The first-order valence-electron chi connectivity index (χ1n) is 5.07. The topological polar surface area (TPSA) is 41.1 Å². The SMILES string of the molecule is CCN(c1cc(C)ncn1)C1CNC1. The lowest BCUT2D eigenvalue weighted by Gasteiger charge is -2.38. The van der Waals surface area contributed by atoms with Crippen LogP contribution in [0.3, 0.4) is 0 Å². The lowest BCUT2D eigenvalue weighted by atomic mass is 10.1. The second-order valence-electron chi connectivity index (χ2n) is 3.62. The number of nitrogens with zero attached hydrogens (tertiary/aromatic N) is 3. The Kier molecular flexibility index (Phi) is 2.63. The molecule has 0 bridgehead atoms. The molecule has 1 aliphatic rings. The summed E-state index contributed by atoms with van der Waals surface area (Å²) in [5.41, 5.74) is 1.03. The second kappa shape index (κ2) is 3.92. The van der Waals surface area contributed by atoms with E-state index < -0.39 is 0 Å². The predicted molar refractivity (Wildman–Crippen MR) is 56.4 cm³/mol. The first-order valence-corrected chi connectivity index (χ1v) is 5.07. The van der Waals surface area contributed by atoms with E-state index in [-0.39, 0.29) is 0 Å². The van der Waals surface area contributed by atoms with Crippen molar-refractivity contribution >= 4 is 5.82 Å². The number of hydrogen-bond donors (Lipinski definition) is 1. The maximum absolute atomic E-state index is 4.30. The lowest BCUT2D eigenvalue weighted by Crippen LogP contribution is -2.57. The maximum atomic E-state index is 4.30. The minimum absolute atomic E-state index is 0.606. The maximum Gasteiger partial charge on any atom is 0.132 e. The molecule has 2 rings (SSSR count). The highest BCUT2D eigenvalue weighted by Gasteiger charge is 2.24. The van der Waals surface area contributed by atoms with Crippen molar-refractivity contribution in [3.63, 3.8) is 0 Å². The molecule has 0 atom stereocenters. The fourth-order valence-corrected chi connectivity index (χ4v) is 1.70. The van der Waals surface area contributed by atoms with Crippen molar-refractivity contribution in [1.82, 2.24) is 15.3 Å². The minimum atomic E-state index is 0.606. The average molecular weight is 192 g/mol. The zero-order valence-corrected chi connectivity index (χ0v) is 8.70. The predicted octanol–water partition coefficient (Wildman–Crippen LogP) is 0.583.